The van der Waals surface area contributed by atoms with E-state index >= 15 is 0 Å². The van der Waals surface area contributed by atoms with Crippen LogP contribution < -0.4 is 6.64 Å². The number of rotatable bonds is 4. The normalized spacial score (nSPS) is 18.7. The van der Waals surface area contributed by atoms with Crippen molar-refractivity contribution >= 4 is 43.6 Å². The summed E-state index contributed by atoms with van der Waals surface area (Å²) in [5.41, 5.74) is 5.75. The summed E-state index contributed by atoms with van der Waals surface area (Å²) in [6.45, 7) is 0. The van der Waals surface area contributed by atoms with Crippen molar-refractivity contribution in [2.45, 2.75) is 12.0 Å². The van der Waals surface area contributed by atoms with E-state index in [0.29, 0.717) is 7.35 Å². The third kappa shape index (κ3) is 3.36. The summed E-state index contributed by atoms with van der Waals surface area (Å²) in [7, 11) is 0. The van der Waals surface area contributed by atoms with Gasteiger partial charge < -0.3 is 0 Å². The number of hydrogen-bond acceptors (Lipinski definition) is 0. The minimum absolute atomic E-state index is 0. The number of hydrogen-bond donors (Lipinski definition) is 0. The standard InChI is InChI=1S/2C9H7.2C6H5.CH3.2ClH.Hf/c2*1-2-5-9-7-3-6-8(9)4-1;2*1-2-4-6-5-3-1;;;;/h2*1-7H;2*1-5H;1H3;2*1H;. The Morgan fingerprint density at radius 1 is 0.471 bits per heavy atom. The van der Waals surface area contributed by atoms with Gasteiger partial charge >= 0.3 is 193 Å². The Bertz CT molecular complexity index is 1250. The zero-order valence-corrected chi connectivity index (χ0v) is 24.4. The van der Waals surface area contributed by atoms with Gasteiger partial charge in [0.25, 0.3) is 0 Å². The Morgan fingerprint density at radius 2 is 0.824 bits per heavy atom. The number of allylic oxidation sites excluding steroid dienone is 2. The number of fused-ring (bicyclic) bond motifs is 2. The molecule has 6 rings (SSSR count). The Labute approximate surface area is 216 Å². The average Bonchev–Trinajstić information content (AvgIpc) is 3.50. The molecule has 4 aromatic rings. The number of halogens is 2. The molecule has 0 spiro atoms. The van der Waals surface area contributed by atoms with Crippen LogP contribution in [0.15, 0.2) is 121 Å². The molecule has 0 aliphatic heterocycles. The molecule has 0 saturated heterocycles. The molecule has 2 aliphatic carbocycles. The van der Waals surface area contributed by atoms with Crippen LogP contribution in [0.25, 0.3) is 12.2 Å². The molecule has 171 valence electrons. The van der Waals surface area contributed by atoms with E-state index in [1.54, 1.807) is 6.64 Å². The van der Waals surface area contributed by atoms with Crippen molar-refractivity contribution in [2.24, 2.45) is 0 Å². The fraction of sp³-hybridized carbons (Fsp3) is 0.0968. The molecule has 0 N–H and O–H groups in total. The second kappa shape index (κ2) is 9.46. The molecule has 4 aromatic carbocycles. The van der Waals surface area contributed by atoms with Gasteiger partial charge in [0.2, 0.25) is 0 Å². The van der Waals surface area contributed by atoms with Crippen LogP contribution >= 0.6 is 24.8 Å². The molecule has 0 aromatic heterocycles. The summed E-state index contributed by atoms with van der Waals surface area (Å²) in [5, 5.41) is 0. The van der Waals surface area contributed by atoms with Gasteiger partial charge in [-0.1, -0.05) is 0 Å². The van der Waals surface area contributed by atoms with Crippen molar-refractivity contribution in [1.82, 2.24) is 0 Å². The zero-order valence-electron chi connectivity index (χ0n) is 19.2. The van der Waals surface area contributed by atoms with Crippen molar-refractivity contribution in [3.8, 4) is 0 Å². The molecular formula is C31H29Cl2Hf. The van der Waals surface area contributed by atoms with Crippen LogP contribution in [0.1, 0.15) is 29.6 Å². The van der Waals surface area contributed by atoms with Crippen LogP contribution in [0.4, 0.5) is 0 Å². The predicted octanol–water partition coefficient (Wildman–Crippen LogP) is 7.75. The van der Waals surface area contributed by atoms with Crippen LogP contribution in [-0.4, -0.2) is 0 Å². The van der Waals surface area contributed by atoms with Crippen LogP contribution in [-0.2, 0) is 18.5 Å². The molecule has 0 bridgehead atoms. The molecule has 0 fully saturated rings. The molecule has 0 nitrogen and oxygen atoms in total. The Kier molecular flexibility index (Phi) is 6.93. The van der Waals surface area contributed by atoms with E-state index in [1.165, 1.54) is 22.3 Å². The Balaban J connectivity index is 0.00000137. The monoisotopic (exact) mass is 651 g/mol. The van der Waals surface area contributed by atoms with Gasteiger partial charge in [-0.2, -0.15) is 0 Å². The topological polar surface area (TPSA) is 0 Å². The van der Waals surface area contributed by atoms with Gasteiger partial charge in [-0.05, 0) is 0 Å². The molecule has 2 aliphatic rings. The van der Waals surface area contributed by atoms with Crippen LogP contribution in [0.3, 0.4) is 0 Å². The van der Waals surface area contributed by atoms with Crippen molar-refractivity contribution in [1.29, 1.82) is 0 Å². The van der Waals surface area contributed by atoms with E-state index in [2.05, 4.69) is 138 Å². The molecule has 0 amide bonds. The van der Waals surface area contributed by atoms with Gasteiger partial charge in [0.15, 0.2) is 0 Å². The molecule has 0 saturated carbocycles. The first-order valence-electron chi connectivity index (χ1n) is 11.5. The first-order chi connectivity index (χ1) is 15.7. The first-order valence-corrected chi connectivity index (χ1v) is 22.9. The summed E-state index contributed by atoms with van der Waals surface area (Å²) in [6.07, 6.45) is 9.82. The predicted molar refractivity (Wildman–Crippen MR) is 149 cm³/mol. The second-order valence-electron chi connectivity index (χ2n) is 9.61. The zero-order chi connectivity index (χ0) is 21.6. The van der Waals surface area contributed by atoms with E-state index in [-0.39, 0.29) is 24.8 Å². The van der Waals surface area contributed by atoms with Gasteiger partial charge in [-0.15, -0.1) is 24.8 Å². The SMILES string of the molecule is Cl.Cl.[CH3][Hf]([c]1ccccc1)([c]1ccccc1)([CH]1C=Cc2ccccc21)[CH]1C=Cc2ccccc21. The molecule has 2 unspecified atom stereocenters. The fourth-order valence-corrected chi connectivity index (χ4v) is 34.0. The van der Waals surface area contributed by atoms with Gasteiger partial charge in [0.1, 0.15) is 0 Å². The van der Waals surface area contributed by atoms with Gasteiger partial charge in [-0.3, -0.25) is 0 Å². The quantitative estimate of drug-likeness (QED) is 0.198. The van der Waals surface area contributed by atoms with Crippen LogP contribution in [0, 0.1) is 0 Å². The van der Waals surface area contributed by atoms with E-state index in [1.807, 2.05) is 0 Å². The molecule has 3 heteroatoms. The molecule has 0 heterocycles. The third-order valence-corrected chi connectivity index (χ3v) is 36.8. The maximum atomic E-state index is 2.72. The summed E-state index contributed by atoms with van der Waals surface area (Å²) < 4.78 is 6.67. The summed E-state index contributed by atoms with van der Waals surface area (Å²) in [5.74, 6) is 0. The van der Waals surface area contributed by atoms with E-state index in [4.69, 9.17) is 0 Å². The summed E-state index contributed by atoms with van der Waals surface area (Å²) in [6, 6.07) is 41.1. The van der Waals surface area contributed by atoms with Crippen LogP contribution in [0.5, 0.6) is 0 Å². The van der Waals surface area contributed by atoms with Crippen molar-refractivity contribution in [2.75, 3.05) is 0 Å². The third-order valence-electron chi connectivity index (χ3n) is 8.28. The van der Waals surface area contributed by atoms with Crippen molar-refractivity contribution in [3.63, 3.8) is 0 Å². The average molecular weight is 651 g/mol. The number of benzene rings is 4. The van der Waals surface area contributed by atoms with E-state index in [9.17, 15) is 0 Å². The molecular weight excluding hydrogens is 622 g/mol. The summed E-state index contributed by atoms with van der Waals surface area (Å²) >= 11 is -4.33. The molecule has 0 radical (unpaired) electrons. The van der Waals surface area contributed by atoms with Gasteiger partial charge in [-0.25, -0.2) is 0 Å². The summed E-state index contributed by atoms with van der Waals surface area (Å²) in [4.78, 5) is 0. The van der Waals surface area contributed by atoms with Crippen molar-refractivity contribution in [3.05, 3.63) is 144 Å². The first kappa shape index (κ1) is 24.9. The molecule has 2 atom stereocenters. The van der Waals surface area contributed by atoms with Crippen molar-refractivity contribution < 1.29 is 18.5 Å². The Hall–Kier alpha value is -2.19. The van der Waals surface area contributed by atoms with Crippen LogP contribution in [0.2, 0.25) is 4.68 Å². The Morgan fingerprint density at radius 3 is 1.24 bits per heavy atom. The minimum atomic E-state index is -4.33. The van der Waals surface area contributed by atoms with Gasteiger partial charge in [0.05, 0.1) is 0 Å². The second-order valence-corrected chi connectivity index (χ2v) is 32.2. The van der Waals surface area contributed by atoms with Gasteiger partial charge in [0, 0.05) is 0 Å². The fourth-order valence-electron chi connectivity index (χ4n) is 6.64. The van der Waals surface area contributed by atoms with E-state index in [0.717, 1.165) is 0 Å². The maximum absolute atomic E-state index is 4.33. The van der Waals surface area contributed by atoms with E-state index < -0.39 is 18.5 Å². The molecule has 34 heavy (non-hydrogen) atoms.